The summed E-state index contributed by atoms with van der Waals surface area (Å²) in [6.45, 7) is 4.63. The molecule has 0 heterocycles. The fraction of sp³-hybridized carbons (Fsp3) is 0.389. The second-order valence-corrected chi connectivity index (χ2v) is 10.5. The second kappa shape index (κ2) is 13.6. The minimum absolute atomic E-state index is 0.252. The molecule has 1 aliphatic rings. The number of unbranched alkanes of at least 4 members (excludes halogenated alkanes) is 7. The molecule has 37 heavy (non-hydrogen) atoms. The van der Waals surface area contributed by atoms with Crippen molar-refractivity contribution < 1.29 is 4.74 Å². The van der Waals surface area contributed by atoms with Crippen LogP contribution in [0.25, 0.3) is 27.8 Å². The van der Waals surface area contributed by atoms with Gasteiger partial charge in [0, 0.05) is 13.0 Å². The molecule has 0 aliphatic heterocycles. The molecule has 0 radical (unpaired) electrons. The maximum absolute atomic E-state index is 6.31. The van der Waals surface area contributed by atoms with Crippen LogP contribution >= 0.6 is 0 Å². The van der Waals surface area contributed by atoms with E-state index in [1.54, 1.807) is 0 Å². The van der Waals surface area contributed by atoms with E-state index in [0.29, 0.717) is 0 Å². The first-order chi connectivity index (χ1) is 18.2. The first kappa shape index (κ1) is 27.1. The summed E-state index contributed by atoms with van der Waals surface area (Å²) >= 11 is 0. The third kappa shape index (κ3) is 6.51. The Balaban J connectivity index is 1.55. The molecule has 0 fully saturated rings. The Bertz CT molecular complexity index is 1170. The van der Waals surface area contributed by atoms with Crippen molar-refractivity contribution in [2.75, 3.05) is 7.11 Å². The van der Waals surface area contributed by atoms with E-state index in [2.05, 4.69) is 111 Å². The predicted molar refractivity (Wildman–Crippen MR) is 161 cm³/mol. The third-order valence-corrected chi connectivity index (χ3v) is 8.19. The zero-order chi connectivity index (χ0) is 25.9. The summed E-state index contributed by atoms with van der Waals surface area (Å²) in [5, 5.41) is 0. The lowest BCUT2D eigenvalue weighted by atomic mass is 9.73. The average molecular weight is 493 g/mol. The predicted octanol–water partition coefficient (Wildman–Crippen LogP) is 10.5. The van der Waals surface area contributed by atoms with Gasteiger partial charge in [-0.25, -0.2) is 0 Å². The van der Waals surface area contributed by atoms with E-state index >= 15 is 0 Å². The smallest absolute Gasteiger partial charge is 0.0927 e. The molecule has 3 aromatic rings. The van der Waals surface area contributed by atoms with Gasteiger partial charge in [-0.15, -0.1) is 0 Å². The van der Waals surface area contributed by atoms with Crippen molar-refractivity contribution in [3.05, 3.63) is 103 Å². The second-order valence-electron chi connectivity index (χ2n) is 10.5. The van der Waals surface area contributed by atoms with Gasteiger partial charge in [0.15, 0.2) is 0 Å². The van der Waals surface area contributed by atoms with Crippen LogP contribution in [0.5, 0.6) is 0 Å². The number of hydrogen-bond acceptors (Lipinski definition) is 1. The van der Waals surface area contributed by atoms with Gasteiger partial charge < -0.3 is 4.74 Å². The summed E-state index contributed by atoms with van der Waals surface area (Å²) < 4.78 is 6.31. The van der Waals surface area contributed by atoms with E-state index in [0.717, 1.165) is 6.42 Å². The van der Waals surface area contributed by atoms with Gasteiger partial charge in [0.05, 0.1) is 5.60 Å². The van der Waals surface area contributed by atoms with Crippen molar-refractivity contribution >= 4 is 5.57 Å². The number of rotatable bonds is 13. The molecule has 0 N–H and O–H groups in total. The van der Waals surface area contributed by atoms with Crippen LogP contribution in [-0.2, 0) is 4.74 Å². The number of allylic oxidation sites excluding steroid dienone is 2. The van der Waals surface area contributed by atoms with Crippen LogP contribution in [0.2, 0.25) is 0 Å². The van der Waals surface area contributed by atoms with E-state index in [4.69, 9.17) is 4.74 Å². The average Bonchev–Trinajstić information content (AvgIpc) is 2.96. The van der Waals surface area contributed by atoms with Crippen LogP contribution in [0.4, 0.5) is 0 Å². The molecule has 1 aliphatic carbocycles. The molecular formula is C36H44O. The Labute approximate surface area is 225 Å². The van der Waals surface area contributed by atoms with Gasteiger partial charge in [0.2, 0.25) is 0 Å². The first-order valence-corrected chi connectivity index (χ1v) is 14.4. The highest BCUT2D eigenvalue weighted by molar-refractivity contribution is 5.90. The van der Waals surface area contributed by atoms with Crippen LogP contribution in [0.3, 0.4) is 0 Å². The van der Waals surface area contributed by atoms with E-state index < -0.39 is 0 Å². The molecule has 4 rings (SSSR count). The molecule has 0 spiro atoms. The maximum Gasteiger partial charge on any atom is 0.0927 e. The van der Waals surface area contributed by atoms with Gasteiger partial charge >= 0.3 is 0 Å². The maximum atomic E-state index is 6.31. The molecule has 2 atom stereocenters. The molecule has 0 amide bonds. The monoisotopic (exact) mass is 492 g/mol. The molecule has 0 saturated carbocycles. The Morgan fingerprint density at radius 2 is 1.19 bits per heavy atom. The fourth-order valence-corrected chi connectivity index (χ4v) is 5.93. The van der Waals surface area contributed by atoms with Crippen molar-refractivity contribution in [2.45, 2.75) is 77.2 Å². The molecule has 194 valence electrons. The van der Waals surface area contributed by atoms with E-state index in [9.17, 15) is 0 Å². The van der Waals surface area contributed by atoms with Gasteiger partial charge in [0.1, 0.15) is 0 Å². The zero-order valence-corrected chi connectivity index (χ0v) is 23.1. The lowest BCUT2D eigenvalue weighted by Gasteiger charge is -2.39. The van der Waals surface area contributed by atoms with Gasteiger partial charge in [-0.3, -0.25) is 0 Å². The highest BCUT2D eigenvalue weighted by Gasteiger charge is 2.38. The van der Waals surface area contributed by atoms with Crippen molar-refractivity contribution in [1.29, 1.82) is 0 Å². The fourth-order valence-electron chi connectivity index (χ4n) is 5.93. The first-order valence-electron chi connectivity index (χ1n) is 14.4. The van der Waals surface area contributed by atoms with E-state index in [1.807, 2.05) is 7.11 Å². The molecule has 1 heteroatoms. The van der Waals surface area contributed by atoms with Gasteiger partial charge in [-0.05, 0) is 39.8 Å². The summed E-state index contributed by atoms with van der Waals surface area (Å²) in [4.78, 5) is 0. The van der Waals surface area contributed by atoms with Gasteiger partial charge in [0.25, 0.3) is 0 Å². The third-order valence-electron chi connectivity index (χ3n) is 8.19. The van der Waals surface area contributed by atoms with Crippen molar-refractivity contribution in [1.82, 2.24) is 0 Å². The molecule has 0 saturated heterocycles. The summed E-state index contributed by atoms with van der Waals surface area (Å²) in [6, 6.07) is 28.4. The number of hydrogen-bond donors (Lipinski definition) is 0. The summed E-state index contributed by atoms with van der Waals surface area (Å²) in [5.41, 5.74) is 7.50. The Hall–Kier alpha value is -2.90. The van der Waals surface area contributed by atoms with Crippen LogP contribution < -0.4 is 0 Å². The van der Waals surface area contributed by atoms with Gasteiger partial charge in [-0.2, -0.15) is 0 Å². The highest BCUT2D eigenvalue weighted by Crippen LogP contribution is 2.45. The van der Waals surface area contributed by atoms with E-state index in [-0.39, 0.29) is 11.5 Å². The lowest BCUT2D eigenvalue weighted by molar-refractivity contribution is -0.00383. The zero-order valence-electron chi connectivity index (χ0n) is 23.1. The topological polar surface area (TPSA) is 9.23 Å². The summed E-state index contributed by atoms with van der Waals surface area (Å²) in [6.07, 6.45) is 18.6. The van der Waals surface area contributed by atoms with Crippen LogP contribution in [-0.4, -0.2) is 12.7 Å². The van der Waals surface area contributed by atoms with Crippen molar-refractivity contribution in [3.63, 3.8) is 0 Å². The van der Waals surface area contributed by atoms with Crippen molar-refractivity contribution in [2.24, 2.45) is 5.92 Å². The Kier molecular flexibility index (Phi) is 9.97. The summed E-state index contributed by atoms with van der Waals surface area (Å²) in [5.74, 6) is 0.275. The van der Waals surface area contributed by atoms with Crippen LogP contribution in [0.1, 0.15) is 77.2 Å². The minimum atomic E-state index is -0.252. The molecule has 1 nitrogen and oxygen atoms in total. The normalized spacial score (nSPS) is 19.1. The standard InChI is InChI=1S/C36H44O/c1-4-5-6-7-8-9-10-18-27-36(37-3)28-19-26-31(29(36)2)33-23-16-17-25-35(33)34-24-15-14-22-32(34)30-20-12-11-13-21-30/h11-17,19-26,28-29H,4-10,18,27H2,1-3H3. The molecular weight excluding hydrogens is 448 g/mol. The molecule has 3 aromatic carbocycles. The molecule has 2 unspecified atom stereocenters. The highest BCUT2D eigenvalue weighted by atomic mass is 16.5. The largest absolute Gasteiger partial charge is 0.374 e. The van der Waals surface area contributed by atoms with Gasteiger partial charge in [-0.1, -0.05) is 162 Å². The molecule has 0 aromatic heterocycles. The number of methoxy groups -OCH3 is 1. The summed E-state index contributed by atoms with van der Waals surface area (Å²) in [7, 11) is 1.89. The Morgan fingerprint density at radius 3 is 1.84 bits per heavy atom. The van der Waals surface area contributed by atoms with Crippen LogP contribution in [0, 0.1) is 5.92 Å². The SMILES string of the molecule is CCCCCCCCCCC1(OC)C=CC=C(c2ccccc2-c2ccccc2-c2ccccc2)C1C. The van der Waals surface area contributed by atoms with Crippen LogP contribution in [0.15, 0.2) is 97.1 Å². The molecule has 0 bridgehead atoms. The Morgan fingerprint density at radius 1 is 0.649 bits per heavy atom. The van der Waals surface area contributed by atoms with E-state index in [1.165, 1.54) is 84.8 Å². The van der Waals surface area contributed by atoms with Crippen molar-refractivity contribution in [3.8, 4) is 22.3 Å². The quantitative estimate of drug-likeness (QED) is 0.216. The minimum Gasteiger partial charge on any atom is -0.374 e. The number of benzene rings is 3. The lowest BCUT2D eigenvalue weighted by Crippen LogP contribution is -2.38. The number of ether oxygens (including phenoxy) is 1.